The Labute approximate surface area is 141 Å². The second-order valence-corrected chi connectivity index (χ2v) is 5.78. The topological polar surface area (TPSA) is 58.6 Å². The lowest BCUT2D eigenvalue weighted by molar-refractivity contribution is -0.126. The van der Waals surface area contributed by atoms with Gasteiger partial charge in [-0.1, -0.05) is 30.3 Å². The number of nitrogens with one attached hydrogen (secondary N) is 1. The molecule has 0 saturated heterocycles. The van der Waals surface area contributed by atoms with Crippen LogP contribution in [0.5, 0.6) is 5.75 Å². The molecule has 124 valence electrons. The molecule has 2 amide bonds. The zero-order valence-corrected chi connectivity index (χ0v) is 13.8. The third-order valence-electron chi connectivity index (χ3n) is 4.16. The number of methoxy groups -OCH3 is 1. The fraction of sp³-hybridized carbons (Fsp3) is 0.263. The number of anilines is 1. The number of hydrogen-bond donors (Lipinski definition) is 1. The van der Waals surface area contributed by atoms with Gasteiger partial charge in [-0.2, -0.15) is 0 Å². The molecule has 0 aromatic heterocycles. The molecule has 1 aliphatic rings. The van der Waals surface area contributed by atoms with Gasteiger partial charge in [0.1, 0.15) is 11.8 Å². The highest BCUT2D eigenvalue weighted by molar-refractivity contribution is 6.06. The average Bonchev–Trinajstić information content (AvgIpc) is 2.85. The van der Waals surface area contributed by atoms with Crippen molar-refractivity contribution in [2.24, 2.45) is 0 Å². The van der Waals surface area contributed by atoms with E-state index in [2.05, 4.69) is 5.32 Å². The molecule has 24 heavy (non-hydrogen) atoms. The molecule has 0 unspecified atom stereocenters. The van der Waals surface area contributed by atoms with Crippen LogP contribution in [-0.2, 0) is 16.0 Å². The van der Waals surface area contributed by atoms with Crippen molar-refractivity contribution in [2.75, 3.05) is 18.6 Å². The molecule has 1 N–H and O–H groups in total. The third kappa shape index (κ3) is 3.11. The van der Waals surface area contributed by atoms with Gasteiger partial charge in [-0.05, 0) is 30.2 Å². The Kier molecular flexibility index (Phi) is 4.51. The smallest absolute Gasteiger partial charge is 0.254 e. The number of fused-ring (bicyclic) bond motifs is 1. The molecule has 1 aliphatic heterocycles. The quantitative estimate of drug-likeness (QED) is 0.919. The zero-order valence-electron chi connectivity index (χ0n) is 13.8. The van der Waals surface area contributed by atoms with E-state index in [0.29, 0.717) is 12.3 Å². The summed E-state index contributed by atoms with van der Waals surface area (Å²) in [5.74, 6) is 0.332. The molecule has 1 heterocycles. The van der Waals surface area contributed by atoms with Crippen molar-refractivity contribution in [3.05, 3.63) is 59.7 Å². The minimum atomic E-state index is -0.650. The molecule has 2 aromatic carbocycles. The van der Waals surface area contributed by atoms with Crippen molar-refractivity contribution in [2.45, 2.75) is 19.4 Å². The number of carbonyl (C=O) groups is 2. The van der Waals surface area contributed by atoms with Gasteiger partial charge < -0.3 is 15.0 Å². The van der Waals surface area contributed by atoms with E-state index >= 15 is 0 Å². The molecule has 5 heteroatoms. The van der Waals surface area contributed by atoms with Gasteiger partial charge in [0, 0.05) is 24.7 Å². The van der Waals surface area contributed by atoms with Crippen LogP contribution in [0.1, 0.15) is 24.1 Å². The Bertz CT molecular complexity index is 758. The molecule has 0 spiro atoms. The standard InChI is InChI=1S/C19H20N2O3/c1-13(22)20-18-16-12-15(24-2)8-9-17(16)21(19(18)23)11-10-14-6-4-3-5-7-14/h3-9,12,18H,10-11H2,1-2H3,(H,20,22)/t18-/m1/s1. The van der Waals surface area contributed by atoms with Crippen molar-refractivity contribution in [1.29, 1.82) is 0 Å². The van der Waals surface area contributed by atoms with Crippen LogP contribution >= 0.6 is 0 Å². The van der Waals surface area contributed by atoms with Crippen molar-refractivity contribution < 1.29 is 14.3 Å². The second kappa shape index (κ2) is 6.74. The highest BCUT2D eigenvalue weighted by Crippen LogP contribution is 2.38. The third-order valence-corrected chi connectivity index (χ3v) is 4.16. The molecule has 2 aromatic rings. The predicted octanol–water partition coefficient (Wildman–Crippen LogP) is 2.46. The van der Waals surface area contributed by atoms with Crippen molar-refractivity contribution in [3.8, 4) is 5.75 Å². The first-order chi connectivity index (χ1) is 11.6. The molecule has 0 saturated carbocycles. The molecular formula is C19H20N2O3. The molecular weight excluding hydrogens is 304 g/mol. The lowest BCUT2D eigenvalue weighted by atomic mass is 10.1. The van der Waals surface area contributed by atoms with Gasteiger partial charge in [0.15, 0.2) is 0 Å². The van der Waals surface area contributed by atoms with Gasteiger partial charge in [-0.25, -0.2) is 0 Å². The van der Waals surface area contributed by atoms with Crippen LogP contribution in [0, 0.1) is 0 Å². The summed E-state index contributed by atoms with van der Waals surface area (Å²) in [5, 5.41) is 2.74. The molecule has 0 fully saturated rings. The Morgan fingerprint density at radius 1 is 1.21 bits per heavy atom. The van der Waals surface area contributed by atoms with E-state index in [0.717, 1.165) is 17.7 Å². The highest BCUT2D eigenvalue weighted by Gasteiger charge is 2.37. The second-order valence-electron chi connectivity index (χ2n) is 5.78. The largest absolute Gasteiger partial charge is 0.497 e. The summed E-state index contributed by atoms with van der Waals surface area (Å²) < 4.78 is 5.25. The fourth-order valence-corrected chi connectivity index (χ4v) is 3.00. The Morgan fingerprint density at radius 3 is 2.62 bits per heavy atom. The number of rotatable bonds is 5. The van der Waals surface area contributed by atoms with Crippen molar-refractivity contribution in [3.63, 3.8) is 0 Å². The number of nitrogens with zero attached hydrogens (tertiary/aromatic N) is 1. The van der Waals surface area contributed by atoms with Gasteiger partial charge in [-0.15, -0.1) is 0 Å². The first-order valence-electron chi connectivity index (χ1n) is 7.90. The van der Waals surface area contributed by atoms with E-state index < -0.39 is 6.04 Å². The maximum Gasteiger partial charge on any atom is 0.254 e. The molecule has 0 aliphatic carbocycles. The van der Waals surface area contributed by atoms with Crippen LogP contribution in [0.2, 0.25) is 0 Å². The van der Waals surface area contributed by atoms with Crippen LogP contribution in [-0.4, -0.2) is 25.5 Å². The highest BCUT2D eigenvalue weighted by atomic mass is 16.5. The summed E-state index contributed by atoms with van der Waals surface area (Å²) >= 11 is 0. The van der Waals surface area contributed by atoms with Gasteiger partial charge in [0.2, 0.25) is 5.91 Å². The van der Waals surface area contributed by atoms with E-state index in [9.17, 15) is 9.59 Å². The lowest BCUT2D eigenvalue weighted by Crippen LogP contribution is -2.37. The minimum absolute atomic E-state index is 0.107. The Hall–Kier alpha value is -2.82. The SMILES string of the molecule is COc1ccc2c(c1)[C@@H](NC(C)=O)C(=O)N2CCc1ccccc1. The summed E-state index contributed by atoms with van der Waals surface area (Å²) in [7, 11) is 1.58. The number of benzene rings is 2. The number of carbonyl (C=O) groups excluding carboxylic acids is 2. The maximum absolute atomic E-state index is 12.8. The normalized spacial score (nSPS) is 16.0. The summed E-state index contributed by atoms with van der Waals surface area (Å²) in [6.45, 7) is 1.98. The minimum Gasteiger partial charge on any atom is -0.497 e. The lowest BCUT2D eigenvalue weighted by Gasteiger charge is -2.18. The van der Waals surface area contributed by atoms with Crippen LogP contribution < -0.4 is 15.0 Å². The molecule has 5 nitrogen and oxygen atoms in total. The Balaban J connectivity index is 1.87. The van der Waals surface area contributed by atoms with E-state index in [1.165, 1.54) is 12.5 Å². The molecule has 1 atom stereocenters. The van der Waals surface area contributed by atoms with Crippen LogP contribution in [0.3, 0.4) is 0 Å². The molecule has 0 radical (unpaired) electrons. The molecule has 0 bridgehead atoms. The van der Waals surface area contributed by atoms with E-state index in [1.54, 1.807) is 12.0 Å². The first kappa shape index (κ1) is 16.1. The van der Waals surface area contributed by atoms with Crippen LogP contribution in [0.15, 0.2) is 48.5 Å². The van der Waals surface area contributed by atoms with Gasteiger partial charge >= 0.3 is 0 Å². The van der Waals surface area contributed by atoms with E-state index in [-0.39, 0.29) is 11.8 Å². The van der Waals surface area contributed by atoms with Crippen molar-refractivity contribution in [1.82, 2.24) is 5.32 Å². The van der Waals surface area contributed by atoms with E-state index in [1.807, 2.05) is 48.5 Å². The summed E-state index contributed by atoms with van der Waals surface area (Å²) in [6.07, 6.45) is 0.755. The number of ether oxygens (including phenoxy) is 1. The van der Waals surface area contributed by atoms with Gasteiger partial charge in [0.05, 0.1) is 7.11 Å². The van der Waals surface area contributed by atoms with Gasteiger partial charge in [0.25, 0.3) is 5.91 Å². The maximum atomic E-state index is 12.8. The molecule has 3 rings (SSSR count). The summed E-state index contributed by atoms with van der Waals surface area (Å²) in [6, 6.07) is 14.9. The first-order valence-corrected chi connectivity index (χ1v) is 7.90. The van der Waals surface area contributed by atoms with Crippen LogP contribution in [0.25, 0.3) is 0 Å². The summed E-state index contributed by atoms with van der Waals surface area (Å²) in [4.78, 5) is 26.0. The zero-order chi connectivity index (χ0) is 17.1. The predicted molar refractivity (Wildman–Crippen MR) is 92.1 cm³/mol. The van der Waals surface area contributed by atoms with Crippen LogP contribution in [0.4, 0.5) is 5.69 Å². The van der Waals surface area contributed by atoms with Crippen molar-refractivity contribution >= 4 is 17.5 Å². The Morgan fingerprint density at radius 2 is 1.96 bits per heavy atom. The average molecular weight is 324 g/mol. The van der Waals surface area contributed by atoms with E-state index in [4.69, 9.17) is 4.74 Å². The number of amides is 2. The fourth-order valence-electron chi connectivity index (χ4n) is 3.00. The van der Waals surface area contributed by atoms with Gasteiger partial charge in [-0.3, -0.25) is 9.59 Å². The summed E-state index contributed by atoms with van der Waals surface area (Å²) in [5.41, 5.74) is 2.78. The monoisotopic (exact) mass is 324 g/mol. The number of hydrogen-bond acceptors (Lipinski definition) is 3.